The van der Waals surface area contributed by atoms with Gasteiger partial charge < -0.3 is 5.73 Å². The summed E-state index contributed by atoms with van der Waals surface area (Å²) in [5.74, 6) is 0. The second-order valence-electron chi connectivity index (χ2n) is 5.30. The molecule has 1 unspecified atom stereocenters. The number of hydrogen-bond donors (Lipinski definition) is 1. The molecule has 0 aromatic heterocycles. The minimum atomic E-state index is -0.161. The minimum absolute atomic E-state index is 0.161. The molecule has 0 bridgehead atoms. The lowest BCUT2D eigenvalue weighted by Crippen LogP contribution is -2.32. The van der Waals surface area contributed by atoms with Crippen molar-refractivity contribution in [2.24, 2.45) is 5.73 Å². The monoisotopic (exact) mass is 233 g/mol. The van der Waals surface area contributed by atoms with Gasteiger partial charge in [-0.3, -0.25) is 0 Å². The first kappa shape index (κ1) is 14.2. The number of unbranched alkanes of at least 4 members (excludes halogenated alkanes) is 5. The third-order valence-electron chi connectivity index (χ3n) is 3.48. The molecule has 1 aromatic carbocycles. The van der Waals surface area contributed by atoms with E-state index in [0.717, 1.165) is 6.42 Å². The first-order valence-electron chi connectivity index (χ1n) is 7.01. The van der Waals surface area contributed by atoms with Crippen molar-refractivity contribution in [2.75, 3.05) is 0 Å². The first-order chi connectivity index (χ1) is 8.17. The molecule has 0 amide bonds. The Balaban J connectivity index is 2.26. The van der Waals surface area contributed by atoms with E-state index in [4.69, 9.17) is 5.73 Å². The van der Waals surface area contributed by atoms with Crippen LogP contribution in [0.4, 0.5) is 0 Å². The Morgan fingerprint density at radius 3 is 2.18 bits per heavy atom. The van der Waals surface area contributed by atoms with Crippen LogP contribution in [0.2, 0.25) is 0 Å². The van der Waals surface area contributed by atoms with Crippen molar-refractivity contribution in [3.63, 3.8) is 0 Å². The third-order valence-corrected chi connectivity index (χ3v) is 3.48. The lowest BCUT2D eigenvalue weighted by molar-refractivity contribution is 0.421. The Kier molecular flexibility index (Phi) is 6.28. The average molecular weight is 233 g/mol. The van der Waals surface area contributed by atoms with E-state index in [1.54, 1.807) is 0 Å². The van der Waals surface area contributed by atoms with Crippen LogP contribution < -0.4 is 5.73 Å². The predicted molar refractivity (Wildman–Crippen MR) is 76.0 cm³/mol. The van der Waals surface area contributed by atoms with Gasteiger partial charge in [0, 0.05) is 5.54 Å². The molecule has 1 heteroatoms. The van der Waals surface area contributed by atoms with Crippen LogP contribution in [-0.2, 0) is 5.54 Å². The van der Waals surface area contributed by atoms with E-state index in [1.807, 2.05) is 6.07 Å². The SMILES string of the molecule is CCCCCCCCC(C)(N)c1ccccc1. The van der Waals surface area contributed by atoms with Gasteiger partial charge in [0.2, 0.25) is 0 Å². The van der Waals surface area contributed by atoms with Crippen molar-refractivity contribution in [3.8, 4) is 0 Å². The summed E-state index contributed by atoms with van der Waals surface area (Å²) in [7, 11) is 0. The maximum Gasteiger partial charge on any atom is 0.0381 e. The molecule has 0 aliphatic heterocycles. The van der Waals surface area contributed by atoms with Crippen LogP contribution in [0.1, 0.15) is 64.4 Å². The number of nitrogens with two attached hydrogens (primary N) is 1. The standard InChI is InChI=1S/C16H27N/c1-3-4-5-6-7-11-14-16(2,17)15-12-9-8-10-13-15/h8-10,12-13H,3-7,11,14,17H2,1-2H3. The smallest absolute Gasteiger partial charge is 0.0381 e. The summed E-state index contributed by atoms with van der Waals surface area (Å²) >= 11 is 0. The highest BCUT2D eigenvalue weighted by molar-refractivity contribution is 5.22. The highest BCUT2D eigenvalue weighted by Crippen LogP contribution is 2.24. The van der Waals surface area contributed by atoms with E-state index < -0.39 is 0 Å². The molecule has 2 N–H and O–H groups in total. The number of benzene rings is 1. The highest BCUT2D eigenvalue weighted by Gasteiger charge is 2.19. The lowest BCUT2D eigenvalue weighted by Gasteiger charge is -2.25. The third kappa shape index (κ3) is 5.36. The van der Waals surface area contributed by atoms with E-state index in [-0.39, 0.29) is 5.54 Å². The van der Waals surface area contributed by atoms with Crippen molar-refractivity contribution >= 4 is 0 Å². The average Bonchev–Trinajstić information content (AvgIpc) is 2.35. The summed E-state index contributed by atoms with van der Waals surface area (Å²) in [5, 5.41) is 0. The van der Waals surface area contributed by atoms with Crippen molar-refractivity contribution in [3.05, 3.63) is 35.9 Å². The molecule has 1 aromatic rings. The van der Waals surface area contributed by atoms with E-state index in [9.17, 15) is 0 Å². The Hall–Kier alpha value is -0.820. The Labute approximate surface area is 106 Å². The molecule has 0 saturated carbocycles. The molecule has 0 aliphatic carbocycles. The van der Waals surface area contributed by atoms with Crippen LogP contribution in [0.15, 0.2) is 30.3 Å². The molecular weight excluding hydrogens is 206 g/mol. The summed E-state index contributed by atoms with van der Waals surface area (Å²) in [4.78, 5) is 0. The van der Waals surface area contributed by atoms with E-state index in [1.165, 1.54) is 44.1 Å². The molecule has 1 rings (SSSR count). The van der Waals surface area contributed by atoms with Gasteiger partial charge in [0.15, 0.2) is 0 Å². The van der Waals surface area contributed by atoms with Gasteiger partial charge in [-0.15, -0.1) is 0 Å². The van der Waals surface area contributed by atoms with Gasteiger partial charge in [-0.2, -0.15) is 0 Å². The van der Waals surface area contributed by atoms with Gasteiger partial charge in [-0.25, -0.2) is 0 Å². The van der Waals surface area contributed by atoms with Gasteiger partial charge >= 0.3 is 0 Å². The summed E-state index contributed by atoms with van der Waals surface area (Å²) in [6, 6.07) is 10.5. The van der Waals surface area contributed by atoms with E-state index in [2.05, 4.69) is 38.1 Å². The minimum Gasteiger partial charge on any atom is -0.322 e. The van der Waals surface area contributed by atoms with Gasteiger partial charge in [0.05, 0.1) is 0 Å². The first-order valence-corrected chi connectivity index (χ1v) is 7.01. The van der Waals surface area contributed by atoms with Crippen molar-refractivity contribution in [1.29, 1.82) is 0 Å². The summed E-state index contributed by atoms with van der Waals surface area (Å²) < 4.78 is 0. The molecule has 0 spiro atoms. The molecule has 0 aliphatic rings. The molecule has 1 nitrogen and oxygen atoms in total. The maximum atomic E-state index is 6.38. The second-order valence-corrected chi connectivity index (χ2v) is 5.30. The van der Waals surface area contributed by atoms with Crippen molar-refractivity contribution in [1.82, 2.24) is 0 Å². The Bertz CT molecular complexity index is 290. The van der Waals surface area contributed by atoms with Crippen LogP contribution in [0.25, 0.3) is 0 Å². The number of hydrogen-bond acceptors (Lipinski definition) is 1. The summed E-state index contributed by atoms with van der Waals surface area (Å²) in [6.45, 7) is 4.40. The topological polar surface area (TPSA) is 26.0 Å². The van der Waals surface area contributed by atoms with E-state index in [0.29, 0.717) is 0 Å². The molecule has 96 valence electrons. The molecule has 0 fully saturated rings. The molecular formula is C16H27N. The van der Waals surface area contributed by atoms with Crippen molar-refractivity contribution < 1.29 is 0 Å². The normalized spacial score (nSPS) is 14.5. The van der Waals surface area contributed by atoms with Gasteiger partial charge in [0.1, 0.15) is 0 Å². The van der Waals surface area contributed by atoms with Crippen LogP contribution >= 0.6 is 0 Å². The Morgan fingerprint density at radius 1 is 0.941 bits per heavy atom. The number of rotatable bonds is 8. The van der Waals surface area contributed by atoms with Gasteiger partial charge in [0.25, 0.3) is 0 Å². The zero-order chi connectivity index (χ0) is 12.6. The highest BCUT2D eigenvalue weighted by atomic mass is 14.7. The fourth-order valence-corrected chi connectivity index (χ4v) is 2.24. The fraction of sp³-hybridized carbons (Fsp3) is 0.625. The molecule has 0 saturated heterocycles. The predicted octanol–water partition coefficient (Wildman–Crippen LogP) is 4.61. The van der Waals surface area contributed by atoms with Crippen LogP contribution in [0.5, 0.6) is 0 Å². The molecule has 0 radical (unpaired) electrons. The van der Waals surface area contributed by atoms with Crippen LogP contribution in [0.3, 0.4) is 0 Å². The lowest BCUT2D eigenvalue weighted by atomic mass is 9.87. The quantitative estimate of drug-likeness (QED) is 0.652. The zero-order valence-electron chi connectivity index (χ0n) is 11.4. The van der Waals surface area contributed by atoms with Crippen molar-refractivity contribution in [2.45, 2.75) is 64.3 Å². The van der Waals surface area contributed by atoms with Gasteiger partial charge in [-0.1, -0.05) is 75.8 Å². The summed E-state index contributed by atoms with van der Waals surface area (Å²) in [6.07, 6.45) is 9.08. The zero-order valence-corrected chi connectivity index (χ0v) is 11.4. The Morgan fingerprint density at radius 2 is 1.53 bits per heavy atom. The largest absolute Gasteiger partial charge is 0.322 e. The maximum absolute atomic E-state index is 6.38. The fourth-order valence-electron chi connectivity index (χ4n) is 2.24. The van der Waals surface area contributed by atoms with Crippen LogP contribution in [0, 0.1) is 0 Å². The molecule has 0 heterocycles. The second kappa shape index (κ2) is 7.50. The van der Waals surface area contributed by atoms with E-state index >= 15 is 0 Å². The van der Waals surface area contributed by atoms with Crippen LogP contribution in [-0.4, -0.2) is 0 Å². The molecule has 17 heavy (non-hydrogen) atoms. The summed E-state index contributed by atoms with van der Waals surface area (Å²) in [5.41, 5.74) is 7.48. The molecule has 1 atom stereocenters. The van der Waals surface area contributed by atoms with Gasteiger partial charge in [-0.05, 0) is 18.9 Å².